The average Bonchev–Trinajstić information content (AvgIpc) is 2.59. The number of carbonyl (C=O) groups is 1. The summed E-state index contributed by atoms with van der Waals surface area (Å²) in [5.74, 6) is -0.954. The van der Waals surface area contributed by atoms with E-state index in [2.05, 4.69) is 10.2 Å². The van der Waals surface area contributed by atoms with Crippen LogP contribution in [0.25, 0.3) is 10.9 Å². The molecule has 72 valence electrons. The zero-order valence-corrected chi connectivity index (χ0v) is 7.32. The second-order valence-corrected chi connectivity index (χ2v) is 2.94. The topological polar surface area (TPSA) is 92.0 Å². The molecule has 4 N–H and O–H groups in total. The van der Waals surface area contributed by atoms with E-state index in [1.54, 1.807) is 12.1 Å². The molecule has 1 aromatic heterocycles. The molecular weight excluding hydrogens is 182 g/mol. The van der Waals surface area contributed by atoms with Gasteiger partial charge in [-0.05, 0) is 12.1 Å². The van der Waals surface area contributed by atoms with Crippen LogP contribution in [0.2, 0.25) is 0 Å². The maximum atomic E-state index is 10.7. The summed E-state index contributed by atoms with van der Waals surface area (Å²) in [7, 11) is 0. The van der Waals surface area contributed by atoms with Gasteiger partial charge in [0.05, 0.1) is 16.8 Å². The summed E-state index contributed by atoms with van der Waals surface area (Å²) in [5.41, 5.74) is 7.15. The fourth-order valence-electron chi connectivity index (χ4n) is 1.36. The highest BCUT2D eigenvalue weighted by Crippen LogP contribution is 2.16. The predicted molar refractivity (Wildman–Crippen MR) is 50.9 cm³/mol. The Morgan fingerprint density at radius 3 is 3.00 bits per heavy atom. The van der Waals surface area contributed by atoms with Crippen LogP contribution in [0.1, 0.15) is 16.1 Å². The van der Waals surface area contributed by atoms with Gasteiger partial charge in [-0.1, -0.05) is 6.07 Å². The smallest absolute Gasteiger partial charge is 0.335 e. The van der Waals surface area contributed by atoms with Crippen molar-refractivity contribution in [2.24, 2.45) is 5.73 Å². The number of H-pyrrole nitrogens is 1. The van der Waals surface area contributed by atoms with Crippen molar-refractivity contribution in [2.45, 2.75) is 6.54 Å². The van der Waals surface area contributed by atoms with Crippen molar-refractivity contribution in [1.29, 1.82) is 0 Å². The first-order chi connectivity index (χ1) is 6.72. The van der Waals surface area contributed by atoms with Crippen molar-refractivity contribution in [3.8, 4) is 0 Å². The highest BCUT2D eigenvalue weighted by atomic mass is 16.4. The molecule has 5 heteroatoms. The number of benzene rings is 1. The van der Waals surface area contributed by atoms with Crippen LogP contribution in [0.15, 0.2) is 18.2 Å². The summed E-state index contributed by atoms with van der Waals surface area (Å²) < 4.78 is 0. The Morgan fingerprint density at radius 2 is 2.36 bits per heavy atom. The molecule has 0 aliphatic rings. The number of fused-ring (bicyclic) bond motifs is 1. The van der Waals surface area contributed by atoms with Crippen molar-refractivity contribution in [2.75, 3.05) is 0 Å². The molecule has 1 aromatic carbocycles. The lowest BCUT2D eigenvalue weighted by Crippen LogP contribution is -1.97. The lowest BCUT2D eigenvalue weighted by Gasteiger charge is -1.94. The number of nitrogens with one attached hydrogen (secondary N) is 1. The molecule has 2 aromatic rings. The molecule has 0 bridgehead atoms. The van der Waals surface area contributed by atoms with Gasteiger partial charge in [0.25, 0.3) is 0 Å². The first kappa shape index (κ1) is 8.71. The number of hydrogen-bond donors (Lipinski definition) is 3. The van der Waals surface area contributed by atoms with E-state index in [0.717, 1.165) is 11.1 Å². The molecular formula is C9H9N3O2. The molecule has 0 unspecified atom stereocenters. The van der Waals surface area contributed by atoms with E-state index in [1.807, 2.05) is 0 Å². The lowest BCUT2D eigenvalue weighted by molar-refractivity contribution is 0.0697. The number of nitrogens with two attached hydrogens (primary N) is 1. The summed E-state index contributed by atoms with van der Waals surface area (Å²) in [6.07, 6.45) is 0. The highest BCUT2D eigenvalue weighted by molar-refractivity contribution is 5.93. The minimum atomic E-state index is -0.954. The third-order valence-electron chi connectivity index (χ3n) is 2.09. The Morgan fingerprint density at radius 1 is 1.57 bits per heavy atom. The number of nitrogens with zero attached hydrogens (tertiary/aromatic N) is 1. The minimum Gasteiger partial charge on any atom is -0.478 e. The normalized spacial score (nSPS) is 10.6. The Balaban J connectivity index is 2.63. The van der Waals surface area contributed by atoms with Gasteiger partial charge in [-0.15, -0.1) is 0 Å². The summed E-state index contributed by atoms with van der Waals surface area (Å²) in [5, 5.41) is 16.3. The maximum Gasteiger partial charge on any atom is 0.335 e. The fraction of sp³-hybridized carbons (Fsp3) is 0.111. The van der Waals surface area contributed by atoms with Crippen LogP contribution in [0.4, 0.5) is 0 Å². The van der Waals surface area contributed by atoms with Gasteiger partial charge in [-0.25, -0.2) is 4.79 Å². The molecule has 2 rings (SSSR count). The van der Waals surface area contributed by atoms with Gasteiger partial charge in [0, 0.05) is 11.9 Å². The molecule has 1 heterocycles. The van der Waals surface area contributed by atoms with Crippen LogP contribution in [0.3, 0.4) is 0 Å². The third kappa shape index (κ3) is 1.23. The number of hydrogen-bond acceptors (Lipinski definition) is 3. The zero-order chi connectivity index (χ0) is 10.1. The Hall–Kier alpha value is -1.88. The SMILES string of the molecule is NCc1[nH]nc2cc(C(=O)O)ccc12. The predicted octanol–water partition coefficient (Wildman–Crippen LogP) is 0.720. The number of rotatable bonds is 2. The Bertz CT molecular complexity index is 490. The van der Waals surface area contributed by atoms with Crippen molar-refractivity contribution in [3.05, 3.63) is 29.5 Å². The van der Waals surface area contributed by atoms with E-state index in [4.69, 9.17) is 10.8 Å². The van der Waals surface area contributed by atoms with Gasteiger partial charge < -0.3 is 10.8 Å². The summed E-state index contributed by atoms with van der Waals surface area (Å²) in [6, 6.07) is 4.77. The van der Waals surface area contributed by atoms with Crippen LogP contribution in [0, 0.1) is 0 Å². The molecule has 0 spiro atoms. The van der Waals surface area contributed by atoms with Crippen LogP contribution < -0.4 is 5.73 Å². The van der Waals surface area contributed by atoms with Crippen LogP contribution in [-0.4, -0.2) is 21.3 Å². The Kier molecular flexibility index (Phi) is 1.94. The molecule has 14 heavy (non-hydrogen) atoms. The van der Waals surface area contributed by atoms with Gasteiger partial charge in [0.2, 0.25) is 0 Å². The third-order valence-corrected chi connectivity index (χ3v) is 2.09. The minimum absolute atomic E-state index is 0.229. The summed E-state index contributed by atoms with van der Waals surface area (Å²) in [4.78, 5) is 10.7. The van der Waals surface area contributed by atoms with E-state index in [0.29, 0.717) is 12.1 Å². The number of aromatic carboxylic acids is 1. The van der Waals surface area contributed by atoms with Gasteiger partial charge in [-0.2, -0.15) is 5.10 Å². The summed E-state index contributed by atoms with van der Waals surface area (Å²) >= 11 is 0. The maximum absolute atomic E-state index is 10.7. The van der Waals surface area contributed by atoms with Gasteiger partial charge in [0.15, 0.2) is 0 Å². The van der Waals surface area contributed by atoms with Crippen molar-refractivity contribution in [3.63, 3.8) is 0 Å². The standard InChI is InChI=1S/C9H9N3O2/c10-4-8-6-2-1-5(9(13)14)3-7(6)11-12-8/h1-3H,4,10H2,(H,11,12)(H,13,14). The van der Waals surface area contributed by atoms with Gasteiger partial charge in [0.1, 0.15) is 0 Å². The molecule has 5 nitrogen and oxygen atoms in total. The number of carboxylic acids is 1. The van der Waals surface area contributed by atoms with Gasteiger partial charge >= 0.3 is 5.97 Å². The van der Waals surface area contributed by atoms with E-state index in [9.17, 15) is 4.79 Å². The van der Waals surface area contributed by atoms with Crippen LogP contribution >= 0.6 is 0 Å². The lowest BCUT2D eigenvalue weighted by atomic mass is 10.1. The zero-order valence-electron chi connectivity index (χ0n) is 7.32. The van der Waals surface area contributed by atoms with E-state index in [-0.39, 0.29) is 5.56 Å². The Labute approximate surface area is 79.5 Å². The molecule has 0 aliphatic carbocycles. The second kappa shape index (κ2) is 3.12. The van der Waals surface area contributed by atoms with Crippen LogP contribution in [-0.2, 0) is 6.54 Å². The number of aromatic amines is 1. The van der Waals surface area contributed by atoms with E-state index < -0.39 is 5.97 Å². The molecule has 0 atom stereocenters. The first-order valence-electron chi connectivity index (χ1n) is 4.12. The van der Waals surface area contributed by atoms with Crippen molar-refractivity contribution in [1.82, 2.24) is 10.2 Å². The van der Waals surface area contributed by atoms with Crippen LogP contribution in [0.5, 0.6) is 0 Å². The number of carboxylic acid groups (broad SMARTS) is 1. The quantitative estimate of drug-likeness (QED) is 0.652. The molecule has 0 aliphatic heterocycles. The molecule has 0 amide bonds. The van der Waals surface area contributed by atoms with Crippen molar-refractivity contribution < 1.29 is 9.90 Å². The van der Waals surface area contributed by atoms with E-state index in [1.165, 1.54) is 6.07 Å². The van der Waals surface area contributed by atoms with Crippen molar-refractivity contribution >= 4 is 16.9 Å². The largest absolute Gasteiger partial charge is 0.478 e. The fourth-order valence-corrected chi connectivity index (χ4v) is 1.36. The molecule has 0 radical (unpaired) electrons. The van der Waals surface area contributed by atoms with E-state index >= 15 is 0 Å². The molecule has 0 saturated carbocycles. The second-order valence-electron chi connectivity index (χ2n) is 2.94. The molecule has 0 saturated heterocycles. The molecule has 0 fully saturated rings. The average molecular weight is 191 g/mol. The monoisotopic (exact) mass is 191 g/mol. The first-order valence-corrected chi connectivity index (χ1v) is 4.12. The van der Waals surface area contributed by atoms with Gasteiger partial charge in [-0.3, -0.25) is 5.10 Å². The summed E-state index contributed by atoms with van der Waals surface area (Å²) in [6.45, 7) is 0.364. The highest BCUT2D eigenvalue weighted by Gasteiger charge is 2.07. The number of aromatic nitrogens is 2.